The van der Waals surface area contributed by atoms with Gasteiger partial charge in [-0.15, -0.1) is 0 Å². The summed E-state index contributed by atoms with van der Waals surface area (Å²) in [6.45, 7) is 4.75. The van der Waals surface area contributed by atoms with Crippen molar-refractivity contribution in [3.05, 3.63) is 0 Å². The number of carbonyl (C=O) groups excluding carboxylic acids is 1. The maximum absolute atomic E-state index is 12.6. The molecule has 9 heteroatoms. The number of unbranched alkanes of at least 4 members (excludes halogenated alkanes) is 13. The Morgan fingerprint density at radius 2 is 1.30 bits per heavy atom. The highest BCUT2D eigenvalue weighted by Gasteiger charge is 2.28. The van der Waals surface area contributed by atoms with Gasteiger partial charge in [0.2, 0.25) is 5.91 Å². The topological polar surface area (TPSA) is 105 Å². The predicted octanol–water partition coefficient (Wildman–Crippen LogP) is 6.34. The maximum atomic E-state index is 12.6. The molecule has 0 aliphatic heterocycles. The van der Waals surface area contributed by atoms with Crippen LogP contribution in [0.15, 0.2) is 0 Å². The zero-order valence-electron chi connectivity index (χ0n) is 24.7. The largest absolute Gasteiger partial charge is 0.472 e. The third-order valence-corrected chi connectivity index (χ3v) is 7.59. The van der Waals surface area contributed by atoms with Crippen LogP contribution in [0.3, 0.4) is 0 Å². The second-order valence-electron chi connectivity index (χ2n) is 11.5. The van der Waals surface area contributed by atoms with E-state index in [1.807, 2.05) is 21.1 Å². The zero-order chi connectivity index (χ0) is 28.0. The van der Waals surface area contributed by atoms with Crippen LogP contribution in [0.25, 0.3) is 0 Å². The van der Waals surface area contributed by atoms with E-state index in [2.05, 4.69) is 19.2 Å². The molecule has 37 heavy (non-hydrogen) atoms. The number of hydrogen-bond acceptors (Lipinski definition) is 5. The van der Waals surface area contributed by atoms with E-state index in [9.17, 15) is 19.4 Å². The molecule has 0 saturated carbocycles. The van der Waals surface area contributed by atoms with Crippen molar-refractivity contribution in [2.75, 3.05) is 40.9 Å². The SMILES string of the molecule is CCCCCCCCCCCCC(=O)NC(COP(=O)(O)OCC[N+](C)(C)C)C(O)CCCCCCC. The first-order valence-corrected chi connectivity index (χ1v) is 16.4. The smallest absolute Gasteiger partial charge is 0.391 e. The Labute approximate surface area is 228 Å². The molecule has 3 atom stereocenters. The van der Waals surface area contributed by atoms with Crippen LogP contribution in [0.2, 0.25) is 0 Å². The lowest BCUT2D eigenvalue weighted by atomic mass is 10.0. The number of aliphatic hydroxyl groups excluding tert-OH is 1. The molecular formula is C28H60N2O6P+. The molecule has 0 heterocycles. The summed E-state index contributed by atoms with van der Waals surface area (Å²) >= 11 is 0. The lowest BCUT2D eigenvalue weighted by Crippen LogP contribution is -2.46. The van der Waals surface area contributed by atoms with Gasteiger partial charge in [0.05, 0.1) is 39.9 Å². The van der Waals surface area contributed by atoms with Crippen LogP contribution in [0.1, 0.15) is 123 Å². The van der Waals surface area contributed by atoms with E-state index >= 15 is 0 Å². The molecule has 1 amide bonds. The van der Waals surface area contributed by atoms with Crippen molar-refractivity contribution < 1.29 is 32.9 Å². The molecule has 3 N–H and O–H groups in total. The number of carbonyl (C=O) groups is 1. The zero-order valence-corrected chi connectivity index (χ0v) is 25.6. The lowest BCUT2D eigenvalue weighted by Gasteiger charge is -2.26. The molecule has 0 aliphatic rings. The van der Waals surface area contributed by atoms with Crippen LogP contribution in [-0.4, -0.2) is 73.4 Å². The average molecular weight is 552 g/mol. The first-order valence-electron chi connectivity index (χ1n) is 14.9. The van der Waals surface area contributed by atoms with Crippen LogP contribution < -0.4 is 5.32 Å². The molecular weight excluding hydrogens is 491 g/mol. The fraction of sp³-hybridized carbons (Fsp3) is 0.964. The van der Waals surface area contributed by atoms with Gasteiger partial charge in [-0.3, -0.25) is 13.8 Å². The maximum Gasteiger partial charge on any atom is 0.472 e. The van der Waals surface area contributed by atoms with E-state index in [0.29, 0.717) is 23.9 Å². The molecule has 222 valence electrons. The molecule has 0 bridgehead atoms. The Kier molecular flexibility index (Phi) is 22.0. The van der Waals surface area contributed by atoms with E-state index in [4.69, 9.17) is 9.05 Å². The van der Waals surface area contributed by atoms with E-state index in [-0.39, 0.29) is 19.1 Å². The summed E-state index contributed by atoms with van der Waals surface area (Å²) in [6.07, 6.45) is 17.3. The van der Waals surface area contributed by atoms with Crippen molar-refractivity contribution in [2.24, 2.45) is 0 Å². The standard InChI is InChI=1S/C28H59N2O6P/c1-6-8-10-12-13-14-15-16-18-20-22-28(32)29-26(27(31)21-19-17-11-9-7-2)25-36-37(33,34)35-24-23-30(3,4)5/h26-27,31H,6-25H2,1-5H3,(H-,29,32,33,34)/p+1. The molecule has 0 fully saturated rings. The number of rotatable bonds is 26. The molecule has 3 unspecified atom stereocenters. The summed E-state index contributed by atoms with van der Waals surface area (Å²) in [6, 6.07) is -0.746. The Balaban J connectivity index is 4.51. The minimum Gasteiger partial charge on any atom is -0.391 e. The van der Waals surface area contributed by atoms with Gasteiger partial charge in [-0.2, -0.15) is 0 Å². The highest BCUT2D eigenvalue weighted by atomic mass is 31.2. The molecule has 0 rings (SSSR count). The minimum absolute atomic E-state index is 0.0764. The molecule has 0 aromatic heterocycles. The first kappa shape index (κ1) is 36.5. The van der Waals surface area contributed by atoms with Gasteiger partial charge in [0.15, 0.2) is 0 Å². The normalized spacial score (nSPS) is 15.3. The molecule has 8 nitrogen and oxygen atoms in total. The molecule has 0 aromatic rings. The van der Waals surface area contributed by atoms with E-state index in [0.717, 1.165) is 51.4 Å². The van der Waals surface area contributed by atoms with Crippen LogP contribution in [-0.2, 0) is 18.4 Å². The summed E-state index contributed by atoms with van der Waals surface area (Å²) in [7, 11) is 1.61. The quantitative estimate of drug-likeness (QED) is 0.0658. The number of aliphatic hydroxyl groups is 1. The average Bonchev–Trinajstić information content (AvgIpc) is 2.81. The van der Waals surface area contributed by atoms with Gasteiger partial charge in [-0.1, -0.05) is 104 Å². The molecule has 0 spiro atoms. The van der Waals surface area contributed by atoms with Crippen molar-refractivity contribution in [3.8, 4) is 0 Å². The highest BCUT2D eigenvalue weighted by Crippen LogP contribution is 2.43. The Morgan fingerprint density at radius 1 is 0.811 bits per heavy atom. The van der Waals surface area contributed by atoms with Crippen molar-refractivity contribution in [1.29, 1.82) is 0 Å². The number of phosphoric acid groups is 1. The van der Waals surface area contributed by atoms with Crippen LogP contribution in [0.4, 0.5) is 0 Å². The van der Waals surface area contributed by atoms with Gasteiger partial charge in [0.25, 0.3) is 0 Å². The summed E-state index contributed by atoms with van der Waals surface area (Å²) < 4.78 is 23.2. The number of quaternary nitrogens is 1. The van der Waals surface area contributed by atoms with Gasteiger partial charge in [-0.05, 0) is 12.8 Å². The van der Waals surface area contributed by atoms with Crippen molar-refractivity contribution >= 4 is 13.7 Å². The third kappa shape index (κ3) is 24.3. The second-order valence-corrected chi connectivity index (χ2v) is 12.9. The third-order valence-electron chi connectivity index (χ3n) is 6.61. The Morgan fingerprint density at radius 3 is 1.81 bits per heavy atom. The van der Waals surface area contributed by atoms with Gasteiger partial charge >= 0.3 is 7.82 Å². The summed E-state index contributed by atoms with van der Waals surface area (Å²) in [5, 5.41) is 13.6. The molecule has 0 saturated heterocycles. The number of phosphoric ester groups is 1. The first-order chi connectivity index (χ1) is 17.5. The highest BCUT2D eigenvalue weighted by molar-refractivity contribution is 7.47. The predicted molar refractivity (Wildman–Crippen MR) is 152 cm³/mol. The lowest BCUT2D eigenvalue weighted by molar-refractivity contribution is -0.870. The fourth-order valence-corrected chi connectivity index (χ4v) is 4.84. The number of nitrogens with one attached hydrogen (secondary N) is 1. The molecule has 0 radical (unpaired) electrons. The number of hydrogen-bond donors (Lipinski definition) is 3. The van der Waals surface area contributed by atoms with E-state index < -0.39 is 20.0 Å². The van der Waals surface area contributed by atoms with Gasteiger partial charge in [-0.25, -0.2) is 4.57 Å². The van der Waals surface area contributed by atoms with E-state index in [1.54, 1.807) is 0 Å². The summed E-state index contributed by atoms with van der Waals surface area (Å²) in [5.74, 6) is -0.156. The Hall–Kier alpha value is -0.500. The van der Waals surface area contributed by atoms with Gasteiger partial charge in [0, 0.05) is 6.42 Å². The van der Waals surface area contributed by atoms with Crippen LogP contribution in [0, 0.1) is 0 Å². The summed E-state index contributed by atoms with van der Waals surface area (Å²) in [4.78, 5) is 22.6. The molecule has 0 aromatic carbocycles. The fourth-order valence-electron chi connectivity index (χ4n) is 4.10. The van der Waals surface area contributed by atoms with Gasteiger partial charge < -0.3 is 19.8 Å². The second kappa shape index (κ2) is 22.3. The van der Waals surface area contributed by atoms with Crippen LogP contribution >= 0.6 is 7.82 Å². The number of likely N-dealkylation sites (N-methyl/N-ethyl adjacent to an activating group) is 1. The number of nitrogens with zero attached hydrogens (tertiary/aromatic N) is 1. The van der Waals surface area contributed by atoms with Crippen molar-refractivity contribution in [3.63, 3.8) is 0 Å². The van der Waals surface area contributed by atoms with Crippen LogP contribution in [0.5, 0.6) is 0 Å². The molecule has 0 aliphatic carbocycles. The van der Waals surface area contributed by atoms with Crippen molar-refractivity contribution in [2.45, 2.75) is 135 Å². The number of amides is 1. The van der Waals surface area contributed by atoms with Gasteiger partial charge in [0.1, 0.15) is 13.2 Å². The summed E-state index contributed by atoms with van der Waals surface area (Å²) in [5.41, 5.74) is 0. The van der Waals surface area contributed by atoms with E-state index in [1.165, 1.54) is 44.9 Å². The Bertz CT molecular complexity index is 600. The monoisotopic (exact) mass is 551 g/mol. The minimum atomic E-state index is -4.27. The van der Waals surface area contributed by atoms with Crippen molar-refractivity contribution in [1.82, 2.24) is 5.32 Å².